The Hall–Kier alpha value is -1.88. The molecule has 2 aliphatic rings. The van der Waals surface area contributed by atoms with Crippen molar-refractivity contribution in [1.82, 2.24) is 29.9 Å². The first-order valence-corrected chi connectivity index (χ1v) is 12.0. The van der Waals surface area contributed by atoms with Crippen LogP contribution in [0.15, 0.2) is 35.3 Å². The number of likely N-dealkylation sites (tertiary alicyclic amines) is 2. The van der Waals surface area contributed by atoms with Gasteiger partial charge in [0, 0.05) is 52.0 Å². The van der Waals surface area contributed by atoms with Crippen LogP contribution in [0.3, 0.4) is 0 Å². The van der Waals surface area contributed by atoms with Crippen LogP contribution < -0.4 is 10.2 Å². The predicted molar refractivity (Wildman–Crippen MR) is 145 cm³/mol. The third-order valence-corrected chi connectivity index (χ3v) is 6.82. The molecule has 2 fully saturated rings. The molecule has 0 radical (unpaired) electrons. The number of nitrogens with zero attached hydrogens (tertiary/aromatic N) is 7. The van der Waals surface area contributed by atoms with Gasteiger partial charge in [-0.05, 0) is 57.8 Å². The Morgan fingerprint density at radius 3 is 2.61 bits per heavy atom. The van der Waals surface area contributed by atoms with Crippen LogP contribution in [0.2, 0.25) is 0 Å². The summed E-state index contributed by atoms with van der Waals surface area (Å²) >= 11 is 0. The van der Waals surface area contributed by atoms with Gasteiger partial charge < -0.3 is 19.7 Å². The smallest absolute Gasteiger partial charge is 0.194 e. The van der Waals surface area contributed by atoms with Crippen LogP contribution in [0.5, 0.6) is 0 Å². The largest absolute Gasteiger partial charge is 0.375 e. The number of aryl methyl sites for hydroxylation is 1. The molecule has 3 heterocycles. The van der Waals surface area contributed by atoms with Crippen molar-refractivity contribution in [3.05, 3.63) is 42.0 Å². The summed E-state index contributed by atoms with van der Waals surface area (Å²) < 4.78 is 2.02. The number of nitrogens with one attached hydrogen (secondary N) is 1. The van der Waals surface area contributed by atoms with Gasteiger partial charge in [-0.25, -0.2) is 4.99 Å². The van der Waals surface area contributed by atoms with Gasteiger partial charge in [0.1, 0.15) is 12.4 Å². The molecular formula is C24H39IN8. The molecule has 33 heavy (non-hydrogen) atoms. The van der Waals surface area contributed by atoms with E-state index in [2.05, 4.69) is 67.6 Å². The molecular weight excluding hydrogens is 527 g/mol. The molecule has 1 unspecified atom stereocenters. The topological polar surface area (TPSA) is 64.8 Å². The standard InChI is InChI=1S/C24H38N8.HI/c1-20-27-28-23(30(20)3)18-26-24(32-17-12-22(19-32)31-15-7-8-16-31)25-13-9-14-29(2)21-10-5-4-6-11-21;/h4-6,10-11,22H,7-9,12-19H2,1-3H3,(H,25,26);1H. The van der Waals surface area contributed by atoms with E-state index in [1.54, 1.807) is 0 Å². The molecule has 9 heteroatoms. The van der Waals surface area contributed by atoms with Gasteiger partial charge in [0.15, 0.2) is 11.8 Å². The minimum absolute atomic E-state index is 0. The van der Waals surface area contributed by atoms with Crippen molar-refractivity contribution in [3.63, 3.8) is 0 Å². The van der Waals surface area contributed by atoms with E-state index in [0.29, 0.717) is 12.6 Å². The van der Waals surface area contributed by atoms with Crippen molar-refractivity contribution in [1.29, 1.82) is 0 Å². The van der Waals surface area contributed by atoms with Crippen LogP contribution >= 0.6 is 24.0 Å². The van der Waals surface area contributed by atoms with Crippen molar-refractivity contribution in [2.45, 2.75) is 45.2 Å². The van der Waals surface area contributed by atoms with E-state index < -0.39 is 0 Å². The van der Waals surface area contributed by atoms with Gasteiger partial charge in [-0.1, -0.05) is 18.2 Å². The second-order valence-electron chi connectivity index (χ2n) is 9.03. The third-order valence-electron chi connectivity index (χ3n) is 6.82. The van der Waals surface area contributed by atoms with Crippen molar-refractivity contribution in [3.8, 4) is 0 Å². The molecule has 0 aliphatic carbocycles. The average Bonchev–Trinajstić information content (AvgIpc) is 3.57. The van der Waals surface area contributed by atoms with Gasteiger partial charge in [-0.2, -0.15) is 0 Å². The number of hydrogen-bond acceptors (Lipinski definition) is 5. The number of hydrogen-bond donors (Lipinski definition) is 1. The molecule has 0 spiro atoms. The van der Waals surface area contributed by atoms with Gasteiger partial charge in [0.05, 0.1) is 0 Å². The molecule has 4 rings (SSSR count). The summed E-state index contributed by atoms with van der Waals surface area (Å²) in [6, 6.07) is 11.2. The Morgan fingerprint density at radius 2 is 1.91 bits per heavy atom. The Labute approximate surface area is 215 Å². The molecule has 1 N–H and O–H groups in total. The first kappa shape index (κ1) is 25.7. The van der Waals surface area contributed by atoms with E-state index in [1.165, 1.54) is 38.0 Å². The van der Waals surface area contributed by atoms with Crippen LogP contribution in [-0.2, 0) is 13.6 Å². The van der Waals surface area contributed by atoms with Crippen molar-refractivity contribution >= 4 is 35.6 Å². The molecule has 0 amide bonds. The zero-order chi connectivity index (χ0) is 22.3. The molecule has 1 aromatic carbocycles. The fourth-order valence-corrected chi connectivity index (χ4v) is 4.67. The highest BCUT2D eigenvalue weighted by Crippen LogP contribution is 2.20. The fraction of sp³-hybridized carbons (Fsp3) is 0.625. The first-order valence-electron chi connectivity index (χ1n) is 12.0. The lowest BCUT2D eigenvalue weighted by Gasteiger charge is -2.26. The molecule has 1 atom stereocenters. The summed E-state index contributed by atoms with van der Waals surface area (Å²) in [6.07, 6.45) is 4.96. The van der Waals surface area contributed by atoms with E-state index >= 15 is 0 Å². The summed E-state index contributed by atoms with van der Waals surface area (Å²) in [7, 11) is 4.16. The maximum absolute atomic E-state index is 4.96. The maximum Gasteiger partial charge on any atom is 0.194 e. The number of rotatable bonds is 8. The highest BCUT2D eigenvalue weighted by atomic mass is 127. The van der Waals surface area contributed by atoms with Gasteiger partial charge in [0.2, 0.25) is 0 Å². The number of benzene rings is 1. The van der Waals surface area contributed by atoms with E-state index in [1.807, 2.05) is 18.5 Å². The van der Waals surface area contributed by atoms with E-state index in [-0.39, 0.29) is 24.0 Å². The van der Waals surface area contributed by atoms with Crippen LogP contribution in [0, 0.1) is 6.92 Å². The number of guanidine groups is 1. The predicted octanol–water partition coefficient (Wildman–Crippen LogP) is 2.88. The number of para-hydroxylation sites is 1. The number of halogens is 1. The summed E-state index contributed by atoms with van der Waals surface area (Å²) in [5, 5.41) is 12.1. The Kier molecular flexibility index (Phi) is 9.78. The van der Waals surface area contributed by atoms with Gasteiger partial charge in [0.25, 0.3) is 0 Å². The van der Waals surface area contributed by atoms with E-state index in [9.17, 15) is 0 Å². The van der Waals surface area contributed by atoms with Gasteiger partial charge >= 0.3 is 0 Å². The molecule has 8 nitrogen and oxygen atoms in total. The molecule has 182 valence electrons. The summed E-state index contributed by atoms with van der Waals surface area (Å²) in [5.74, 6) is 2.83. The molecule has 2 aromatic rings. The van der Waals surface area contributed by atoms with E-state index in [4.69, 9.17) is 4.99 Å². The highest BCUT2D eigenvalue weighted by molar-refractivity contribution is 14.0. The van der Waals surface area contributed by atoms with Crippen LogP contribution in [0.4, 0.5) is 5.69 Å². The molecule has 0 bridgehead atoms. The normalized spacial score (nSPS) is 19.1. The van der Waals surface area contributed by atoms with Crippen molar-refractivity contribution in [2.75, 3.05) is 51.2 Å². The summed E-state index contributed by atoms with van der Waals surface area (Å²) in [5.41, 5.74) is 1.26. The first-order chi connectivity index (χ1) is 15.6. The zero-order valence-electron chi connectivity index (χ0n) is 20.3. The lowest BCUT2D eigenvalue weighted by Crippen LogP contribution is -2.43. The lowest BCUT2D eigenvalue weighted by molar-refractivity contribution is 0.249. The minimum atomic E-state index is 0. The average molecular weight is 567 g/mol. The molecule has 2 aliphatic heterocycles. The van der Waals surface area contributed by atoms with E-state index in [0.717, 1.165) is 50.2 Å². The molecule has 0 saturated carbocycles. The quantitative estimate of drug-likeness (QED) is 0.230. The Bertz CT molecular complexity index is 878. The highest BCUT2D eigenvalue weighted by Gasteiger charge is 2.30. The van der Waals surface area contributed by atoms with Crippen molar-refractivity contribution in [2.24, 2.45) is 12.0 Å². The van der Waals surface area contributed by atoms with Gasteiger partial charge in [-0.15, -0.1) is 34.2 Å². The second kappa shape index (κ2) is 12.5. The maximum atomic E-state index is 4.96. The Balaban J connectivity index is 0.00000306. The molecule has 1 aromatic heterocycles. The number of anilines is 1. The lowest BCUT2D eigenvalue weighted by atomic mass is 10.2. The number of aromatic nitrogens is 3. The summed E-state index contributed by atoms with van der Waals surface area (Å²) in [4.78, 5) is 12.4. The van der Waals surface area contributed by atoms with Crippen LogP contribution in [0.25, 0.3) is 0 Å². The summed E-state index contributed by atoms with van der Waals surface area (Å²) in [6.45, 7) is 9.06. The van der Waals surface area contributed by atoms with Crippen molar-refractivity contribution < 1.29 is 0 Å². The third kappa shape index (κ3) is 6.81. The van der Waals surface area contributed by atoms with Gasteiger partial charge in [-0.3, -0.25) is 4.90 Å². The SMILES string of the molecule is Cc1nnc(CN=C(NCCCN(C)c2ccccc2)N2CCC(N3CCCC3)C2)n1C.I. The fourth-order valence-electron chi connectivity index (χ4n) is 4.67. The monoisotopic (exact) mass is 566 g/mol. The Morgan fingerprint density at radius 1 is 1.15 bits per heavy atom. The zero-order valence-corrected chi connectivity index (χ0v) is 22.6. The second-order valence-corrected chi connectivity index (χ2v) is 9.03. The minimum Gasteiger partial charge on any atom is -0.375 e. The molecule has 2 saturated heterocycles. The van der Waals surface area contributed by atoms with Crippen LogP contribution in [-0.4, -0.2) is 82.9 Å². The van der Waals surface area contributed by atoms with Crippen LogP contribution in [0.1, 0.15) is 37.3 Å². The number of aliphatic imine (C=N–C) groups is 1.